The molecule has 2 N–H and O–H groups in total. The normalized spacial score (nSPS) is 10.3. The van der Waals surface area contributed by atoms with Crippen LogP contribution in [0.5, 0.6) is 5.75 Å². The van der Waals surface area contributed by atoms with Crippen molar-refractivity contribution in [3.05, 3.63) is 58.1 Å². The van der Waals surface area contributed by atoms with Crippen molar-refractivity contribution >= 4 is 23.2 Å². The number of anilines is 1. The maximum absolute atomic E-state index is 12.2. The Kier molecular flexibility index (Phi) is 4.83. The Morgan fingerprint density at radius 3 is 2.67 bits per heavy atom. The van der Waals surface area contributed by atoms with Gasteiger partial charge in [-0.3, -0.25) is 4.79 Å². The number of rotatable bonds is 4. The number of amides is 1. The number of benzene rings is 2. The lowest BCUT2D eigenvalue weighted by Crippen LogP contribution is -2.12. The number of ether oxygens (including phenoxy) is 1. The molecule has 0 radical (unpaired) electrons. The van der Waals surface area contributed by atoms with Gasteiger partial charge in [0, 0.05) is 21.8 Å². The summed E-state index contributed by atoms with van der Waals surface area (Å²) in [7, 11) is 1.53. The molecule has 2 aromatic carbocycles. The maximum Gasteiger partial charge on any atom is 0.255 e. The lowest BCUT2D eigenvalue weighted by molar-refractivity contribution is 0.102. The summed E-state index contributed by atoms with van der Waals surface area (Å²) < 4.78 is 5.12. The van der Waals surface area contributed by atoms with Gasteiger partial charge in [-0.05, 0) is 48.9 Å². The summed E-state index contributed by atoms with van der Waals surface area (Å²) in [5.74, 6) is 0.323. The molecule has 0 saturated carbocycles. The lowest BCUT2D eigenvalue weighted by Gasteiger charge is -2.10. The van der Waals surface area contributed by atoms with Crippen LogP contribution in [0, 0.1) is 6.92 Å². The first-order valence-corrected chi connectivity index (χ1v) is 6.77. The molecular formula is C16H16ClNO3. The number of hydrogen-bond donors (Lipinski definition) is 2. The van der Waals surface area contributed by atoms with Crippen LogP contribution in [0.3, 0.4) is 0 Å². The molecule has 0 aromatic heterocycles. The standard InChI is InChI=1S/C16H16ClNO3/c1-10-5-11(7-13(17)6-10)16(20)18-14-3-4-15(21-2)12(8-14)9-19/h3-8,19H,9H2,1-2H3,(H,18,20). The highest BCUT2D eigenvalue weighted by Gasteiger charge is 2.09. The molecule has 4 nitrogen and oxygen atoms in total. The molecule has 21 heavy (non-hydrogen) atoms. The maximum atomic E-state index is 12.2. The number of aryl methyl sites for hydroxylation is 1. The molecule has 110 valence electrons. The minimum Gasteiger partial charge on any atom is -0.496 e. The van der Waals surface area contributed by atoms with Gasteiger partial charge >= 0.3 is 0 Å². The first kappa shape index (κ1) is 15.4. The zero-order valence-corrected chi connectivity index (χ0v) is 12.6. The molecule has 0 aliphatic carbocycles. The Hall–Kier alpha value is -2.04. The fraction of sp³-hybridized carbons (Fsp3) is 0.188. The van der Waals surface area contributed by atoms with Gasteiger partial charge < -0.3 is 15.2 Å². The van der Waals surface area contributed by atoms with Crippen molar-refractivity contribution in [3.8, 4) is 5.75 Å². The van der Waals surface area contributed by atoms with Crippen molar-refractivity contribution in [2.24, 2.45) is 0 Å². The van der Waals surface area contributed by atoms with Crippen LogP contribution >= 0.6 is 11.6 Å². The predicted octanol–water partition coefficient (Wildman–Crippen LogP) is 3.40. The Balaban J connectivity index is 2.23. The minimum atomic E-state index is -0.255. The summed E-state index contributed by atoms with van der Waals surface area (Å²) in [6.07, 6.45) is 0. The average molecular weight is 306 g/mol. The number of nitrogens with one attached hydrogen (secondary N) is 1. The molecule has 1 amide bonds. The molecule has 0 unspecified atom stereocenters. The average Bonchev–Trinajstić information content (AvgIpc) is 2.46. The van der Waals surface area contributed by atoms with Crippen LogP contribution in [0.15, 0.2) is 36.4 Å². The van der Waals surface area contributed by atoms with Crippen molar-refractivity contribution in [2.75, 3.05) is 12.4 Å². The second-order valence-electron chi connectivity index (χ2n) is 4.66. The van der Waals surface area contributed by atoms with E-state index in [0.29, 0.717) is 27.6 Å². The van der Waals surface area contributed by atoms with Gasteiger partial charge in [-0.1, -0.05) is 11.6 Å². The van der Waals surface area contributed by atoms with Crippen LogP contribution < -0.4 is 10.1 Å². The third-order valence-electron chi connectivity index (χ3n) is 3.01. The molecule has 0 heterocycles. The Labute approximate surface area is 128 Å². The van der Waals surface area contributed by atoms with Crippen LogP contribution in [0.25, 0.3) is 0 Å². The van der Waals surface area contributed by atoms with Gasteiger partial charge in [0.05, 0.1) is 13.7 Å². The highest BCUT2D eigenvalue weighted by atomic mass is 35.5. The molecule has 0 aliphatic heterocycles. The monoisotopic (exact) mass is 305 g/mol. The predicted molar refractivity (Wildman–Crippen MR) is 83.1 cm³/mol. The van der Waals surface area contributed by atoms with E-state index < -0.39 is 0 Å². The van der Waals surface area contributed by atoms with E-state index in [4.69, 9.17) is 16.3 Å². The fourth-order valence-corrected chi connectivity index (χ4v) is 2.34. The summed E-state index contributed by atoms with van der Waals surface area (Å²) in [5, 5.41) is 12.6. The number of aliphatic hydroxyl groups excluding tert-OH is 1. The van der Waals surface area contributed by atoms with Gasteiger partial charge in [-0.25, -0.2) is 0 Å². The lowest BCUT2D eigenvalue weighted by atomic mass is 10.1. The van der Waals surface area contributed by atoms with Crippen LogP contribution in [-0.4, -0.2) is 18.1 Å². The summed E-state index contributed by atoms with van der Waals surface area (Å²) in [4.78, 5) is 12.2. The Morgan fingerprint density at radius 2 is 2.05 bits per heavy atom. The summed E-state index contributed by atoms with van der Waals surface area (Å²) >= 11 is 5.95. The zero-order chi connectivity index (χ0) is 15.4. The largest absolute Gasteiger partial charge is 0.496 e. The molecule has 0 bridgehead atoms. The number of carbonyl (C=O) groups excluding carboxylic acids is 1. The van der Waals surface area contributed by atoms with Gasteiger partial charge in [0.15, 0.2) is 0 Å². The van der Waals surface area contributed by atoms with Crippen molar-refractivity contribution in [3.63, 3.8) is 0 Å². The van der Waals surface area contributed by atoms with E-state index in [0.717, 1.165) is 5.56 Å². The fourth-order valence-electron chi connectivity index (χ4n) is 2.05. The highest BCUT2D eigenvalue weighted by Crippen LogP contribution is 2.23. The van der Waals surface area contributed by atoms with Gasteiger partial charge in [-0.2, -0.15) is 0 Å². The second kappa shape index (κ2) is 6.61. The van der Waals surface area contributed by atoms with Gasteiger partial charge in [0.1, 0.15) is 5.75 Å². The molecule has 5 heteroatoms. The molecular weight excluding hydrogens is 290 g/mol. The first-order chi connectivity index (χ1) is 10.0. The molecule has 0 aliphatic rings. The third kappa shape index (κ3) is 3.74. The quantitative estimate of drug-likeness (QED) is 0.910. The molecule has 2 aromatic rings. The second-order valence-corrected chi connectivity index (χ2v) is 5.09. The Morgan fingerprint density at radius 1 is 1.29 bits per heavy atom. The third-order valence-corrected chi connectivity index (χ3v) is 3.23. The van der Waals surface area contributed by atoms with E-state index in [1.807, 2.05) is 6.92 Å². The summed E-state index contributed by atoms with van der Waals surface area (Å²) in [6.45, 7) is 1.71. The van der Waals surface area contributed by atoms with Crippen LogP contribution in [0.4, 0.5) is 5.69 Å². The van der Waals surface area contributed by atoms with Crippen molar-refractivity contribution in [1.29, 1.82) is 0 Å². The number of aliphatic hydroxyl groups is 1. The van der Waals surface area contributed by atoms with Crippen LogP contribution in [0.2, 0.25) is 5.02 Å². The molecule has 0 saturated heterocycles. The van der Waals surface area contributed by atoms with E-state index in [9.17, 15) is 9.90 Å². The summed E-state index contributed by atoms with van der Waals surface area (Å²) in [5.41, 5.74) is 2.60. The summed E-state index contributed by atoms with van der Waals surface area (Å²) in [6, 6.07) is 10.2. The highest BCUT2D eigenvalue weighted by molar-refractivity contribution is 6.31. The number of hydrogen-bond acceptors (Lipinski definition) is 3. The molecule has 0 spiro atoms. The van der Waals surface area contributed by atoms with E-state index in [1.165, 1.54) is 7.11 Å². The smallest absolute Gasteiger partial charge is 0.255 e. The topological polar surface area (TPSA) is 58.6 Å². The molecule has 2 rings (SSSR count). The van der Waals surface area contributed by atoms with Gasteiger partial charge in [0.25, 0.3) is 5.91 Å². The SMILES string of the molecule is COc1ccc(NC(=O)c2cc(C)cc(Cl)c2)cc1CO. The van der Waals surface area contributed by atoms with Crippen molar-refractivity contribution in [2.45, 2.75) is 13.5 Å². The number of halogens is 1. The number of methoxy groups -OCH3 is 1. The van der Waals surface area contributed by atoms with Gasteiger partial charge in [0.2, 0.25) is 0 Å². The molecule has 0 atom stereocenters. The van der Waals surface area contributed by atoms with Crippen LogP contribution in [0.1, 0.15) is 21.5 Å². The van der Waals surface area contributed by atoms with E-state index in [-0.39, 0.29) is 12.5 Å². The first-order valence-electron chi connectivity index (χ1n) is 6.40. The van der Waals surface area contributed by atoms with E-state index in [2.05, 4.69) is 5.32 Å². The van der Waals surface area contributed by atoms with E-state index >= 15 is 0 Å². The van der Waals surface area contributed by atoms with Crippen LogP contribution in [-0.2, 0) is 6.61 Å². The Bertz CT molecular complexity index is 650. The van der Waals surface area contributed by atoms with Gasteiger partial charge in [-0.15, -0.1) is 0 Å². The number of carbonyl (C=O) groups is 1. The molecule has 0 fully saturated rings. The van der Waals surface area contributed by atoms with Crippen molar-refractivity contribution in [1.82, 2.24) is 0 Å². The van der Waals surface area contributed by atoms with Crippen molar-refractivity contribution < 1.29 is 14.6 Å². The van der Waals surface area contributed by atoms with E-state index in [1.54, 1.807) is 36.4 Å². The zero-order valence-electron chi connectivity index (χ0n) is 11.8. The minimum absolute atomic E-state index is 0.164.